The van der Waals surface area contributed by atoms with E-state index in [0.29, 0.717) is 0 Å². The molecule has 0 radical (unpaired) electrons. The standard InChI is InChI=1S/C2HF3O3/c3-6-1-2(7-4)8-5/h1H. The predicted molar refractivity (Wildman–Crippen MR) is 14.7 cm³/mol. The average Bonchev–Trinajstić information content (AvgIpc) is 1.83. The van der Waals surface area contributed by atoms with Gasteiger partial charge in [-0.05, 0) is 0 Å². The second-order valence-electron chi connectivity index (χ2n) is 0.680. The first-order valence-corrected chi connectivity index (χ1v) is 1.40. The molecule has 0 amide bonds. The van der Waals surface area contributed by atoms with Gasteiger partial charge in [0.25, 0.3) is 0 Å². The van der Waals surface area contributed by atoms with Gasteiger partial charge in [0.05, 0.1) is 0 Å². The van der Waals surface area contributed by atoms with Crippen LogP contribution < -0.4 is 0 Å². The molecule has 0 atom stereocenters. The van der Waals surface area contributed by atoms with E-state index in [4.69, 9.17) is 0 Å². The summed E-state index contributed by atoms with van der Waals surface area (Å²) >= 11 is 0. The molecular formula is C2HF3O3. The Kier molecular flexibility index (Phi) is 3.55. The lowest BCUT2D eigenvalue weighted by atomic mass is 11.0. The fourth-order valence-corrected chi connectivity index (χ4v) is 0.0846. The molecule has 8 heavy (non-hydrogen) atoms. The van der Waals surface area contributed by atoms with E-state index in [1.807, 2.05) is 0 Å². The van der Waals surface area contributed by atoms with Crippen molar-refractivity contribution < 1.29 is 28.4 Å². The van der Waals surface area contributed by atoms with E-state index in [1.165, 1.54) is 0 Å². The molecule has 0 aromatic heterocycles. The summed E-state index contributed by atoms with van der Waals surface area (Å²) in [7, 11) is 0. The fraction of sp³-hybridized carbons (Fsp3) is 0. The van der Waals surface area contributed by atoms with Crippen LogP contribution in [0.2, 0.25) is 0 Å². The van der Waals surface area contributed by atoms with Crippen LogP contribution in [0.25, 0.3) is 0 Å². The van der Waals surface area contributed by atoms with E-state index in [1.54, 1.807) is 0 Å². The minimum absolute atomic E-state index is 0.0417. The van der Waals surface area contributed by atoms with Crippen molar-refractivity contribution in [2.45, 2.75) is 0 Å². The van der Waals surface area contributed by atoms with E-state index in [0.717, 1.165) is 0 Å². The van der Waals surface area contributed by atoms with Gasteiger partial charge in [-0.1, -0.05) is 0 Å². The quantitative estimate of drug-likeness (QED) is 0.541. The van der Waals surface area contributed by atoms with Gasteiger partial charge in [0.2, 0.25) is 6.26 Å². The van der Waals surface area contributed by atoms with E-state index in [2.05, 4.69) is 14.8 Å². The zero-order valence-electron chi connectivity index (χ0n) is 3.44. The fourth-order valence-electron chi connectivity index (χ4n) is 0.0846. The molecule has 0 fully saturated rings. The molecule has 0 aliphatic heterocycles. The van der Waals surface area contributed by atoms with Crippen molar-refractivity contribution in [2.24, 2.45) is 0 Å². The maximum Gasteiger partial charge on any atom is 0.404 e. The van der Waals surface area contributed by atoms with Crippen molar-refractivity contribution in [1.82, 2.24) is 0 Å². The molecule has 0 saturated heterocycles. The first kappa shape index (κ1) is 6.93. The lowest BCUT2D eigenvalue weighted by molar-refractivity contribution is -0.232. The minimum Gasteiger partial charge on any atom is -0.294 e. The third kappa shape index (κ3) is 2.17. The van der Waals surface area contributed by atoms with Crippen molar-refractivity contribution in [3.05, 3.63) is 12.2 Å². The summed E-state index contributed by atoms with van der Waals surface area (Å²) in [5.74, 6) is -1.34. The Morgan fingerprint density at radius 2 is 1.62 bits per heavy atom. The van der Waals surface area contributed by atoms with Gasteiger partial charge in [0, 0.05) is 13.6 Å². The summed E-state index contributed by atoms with van der Waals surface area (Å²) < 4.78 is 31.9. The van der Waals surface area contributed by atoms with Crippen molar-refractivity contribution in [2.75, 3.05) is 0 Å². The van der Waals surface area contributed by atoms with Gasteiger partial charge in [-0.15, -0.1) is 0 Å². The SMILES string of the molecule is FOC=C(OF)OF. The summed E-state index contributed by atoms with van der Waals surface area (Å²) in [5, 5.41) is 0. The molecule has 0 heterocycles. The van der Waals surface area contributed by atoms with E-state index in [-0.39, 0.29) is 6.26 Å². The zero-order chi connectivity index (χ0) is 6.41. The molecule has 0 spiro atoms. The normalized spacial score (nSPS) is 7.38. The largest absolute Gasteiger partial charge is 0.404 e. The van der Waals surface area contributed by atoms with Crippen molar-refractivity contribution >= 4 is 0 Å². The van der Waals surface area contributed by atoms with Crippen LogP contribution in [0.3, 0.4) is 0 Å². The Morgan fingerprint density at radius 1 is 1.12 bits per heavy atom. The maximum atomic E-state index is 10.7. The third-order valence-electron chi connectivity index (χ3n) is 0.293. The van der Waals surface area contributed by atoms with Crippen LogP contribution in [0.4, 0.5) is 13.6 Å². The van der Waals surface area contributed by atoms with E-state index in [9.17, 15) is 13.6 Å². The van der Waals surface area contributed by atoms with E-state index >= 15 is 0 Å². The highest BCUT2D eigenvalue weighted by Crippen LogP contribution is 2.00. The summed E-state index contributed by atoms with van der Waals surface area (Å²) in [6, 6.07) is 0. The first-order valence-electron chi connectivity index (χ1n) is 1.40. The maximum absolute atomic E-state index is 10.7. The molecule has 0 aromatic carbocycles. The minimum atomic E-state index is -1.34. The lowest BCUT2D eigenvalue weighted by Crippen LogP contribution is -1.81. The van der Waals surface area contributed by atoms with Crippen LogP contribution in [-0.2, 0) is 14.8 Å². The van der Waals surface area contributed by atoms with Crippen molar-refractivity contribution in [3.63, 3.8) is 0 Å². The highest BCUT2D eigenvalue weighted by molar-refractivity contribution is 4.69. The molecule has 6 heteroatoms. The Morgan fingerprint density at radius 3 is 1.75 bits per heavy atom. The molecule has 0 aromatic rings. The van der Waals surface area contributed by atoms with Crippen LogP contribution in [-0.4, -0.2) is 0 Å². The Bertz CT molecular complexity index is 76.6. The molecule has 0 aliphatic carbocycles. The summed E-state index contributed by atoms with van der Waals surface area (Å²) in [6.45, 7) is 0. The number of hydrogen-bond acceptors (Lipinski definition) is 3. The average molecular weight is 130 g/mol. The zero-order valence-corrected chi connectivity index (χ0v) is 3.44. The number of hydrogen-bond donors (Lipinski definition) is 0. The van der Waals surface area contributed by atoms with Crippen LogP contribution in [0, 0.1) is 0 Å². The van der Waals surface area contributed by atoms with Gasteiger partial charge in [-0.3, -0.25) is 4.94 Å². The first-order chi connectivity index (χ1) is 3.85. The molecule has 0 unspecified atom stereocenters. The van der Waals surface area contributed by atoms with E-state index < -0.39 is 5.95 Å². The Hall–Kier alpha value is -1.07. The third-order valence-corrected chi connectivity index (χ3v) is 0.293. The smallest absolute Gasteiger partial charge is 0.294 e. The molecule has 48 valence electrons. The molecule has 0 rings (SSSR count). The highest BCUT2D eigenvalue weighted by atomic mass is 19.3. The Balaban J connectivity index is 3.49. The molecule has 0 aliphatic rings. The van der Waals surface area contributed by atoms with Gasteiger partial charge in [0.1, 0.15) is 0 Å². The molecule has 0 saturated carbocycles. The Labute approximate surface area is 42.0 Å². The van der Waals surface area contributed by atoms with Gasteiger partial charge < -0.3 is 0 Å². The molecule has 0 N–H and O–H groups in total. The van der Waals surface area contributed by atoms with Gasteiger partial charge >= 0.3 is 5.95 Å². The second kappa shape index (κ2) is 4.10. The highest BCUT2D eigenvalue weighted by Gasteiger charge is 1.99. The van der Waals surface area contributed by atoms with Crippen LogP contribution in [0.1, 0.15) is 0 Å². The van der Waals surface area contributed by atoms with Crippen LogP contribution >= 0.6 is 0 Å². The second-order valence-corrected chi connectivity index (χ2v) is 0.680. The van der Waals surface area contributed by atoms with Crippen LogP contribution in [0.15, 0.2) is 12.2 Å². The van der Waals surface area contributed by atoms with Gasteiger partial charge in [-0.25, -0.2) is 9.88 Å². The topological polar surface area (TPSA) is 27.7 Å². The molecule has 0 bridgehead atoms. The summed E-state index contributed by atoms with van der Waals surface area (Å²) in [6.07, 6.45) is -0.0417. The molecule has 3 nitrogen and oxygen atoms in total. The lowest BCUT2D eigenvalue weighted by Gasteiger charge is -1.87. The number of rotatable bonds is 3. The van der Waals surface area contributed by atoms with Crippen molar-refractivity contribution in [3.8, 4) is 0 Å². The van der Waals surface area contributed by atoms with Gasteiger partial charge in [0.15, 0.2) is 0 Å². The van der Waals surface area contributed by atoms with Crippen molar-refractivity contribution in [1.29, 1.82) is 0 Å². The monoisotopic (exact) mass is 130 g/mol. The predicted octanol–water partition coefficient (Wildman–Crippen LogP) is 1.49. The van der Waals surface area contributed by atoms with Crippen LogP contribution in [0.5, 0.6) is 0 Å². The number of halogens is 3. The summed E-state index contributed by atoms with van der Waals surface area (Å²) in [5.41, 5.74) is 0. The summed E-state index contributed by atoms with van der Waals surface area (Å²) in [4.78, 5) is 7.67. The molecular weight excluding hydrogens is 129 g/mol. The van der Waals surface area contributed by atoms with Gasteiger partial charge in [-0.2, -0.15) is 0 Å².